The van der Waals surface area contributed by atoms with Gasteiger partial charge in [-0.15, -0.1) is 0 Å². The van der Waals surface area contributed by atoms with E-state index in [-0.39, 0.29) is 0 Å². The van der Waals surface area contributed by atoms with Crippen LogP contribution < -0.4 is 10.6 Å². The number of rotatable bonds is 3. The van der Waals surface area contributed by atoms with Crippen molar-refractivity contribution in [2.75, 3.05) is 21.1 Å². The number of hydrogen-bond acceptors (Lipinski definition) is 2. The van der Waals surface area contributed by atoms with Crippen LogP contribution in [0.1, 0.15) is 18.1 Å². The lowest BCUT2D eigenvalue weighted by Crippen LogP contribution is -2.04. The summed E-state index contributed by atoms with van der Waals surface area (Å²) in [5.74, 6) is 0. The Bertz CT molecular complexity index is 481. The maximum atomic E-state index is 5.69. The smallest absolute Gasteiger partial charge is 0.0406 e. The summed E-state index contributed by atoms with van der Waals surface area (Å²) in [7, 11) is 5.68. The molecule has 0 aliphatic heterocycles. The summed E-state index contributed by atoms with van der Waals surface area (Å²) in [5.41, 5.74) is 2.59. The molecule has 22 heavy (non-hydrogen) atoms. The monoisotopic (exact) mass is 340 g/mol. The fourth-order valence-electron chi connectivity index (χ4n) is 1.53. The van der Waals surface area contributed by atoms with E-state index in [2.05, 4.69) is 17.6 Å². The summed E-state index contributed by atoms with van der Waals surface area (Å²) in [5, 5.41) is 7.41. The van der Waals surface area contributed by atoms with E-state index in [1.54, 1.807) is 0 Å². The van der Waals surface area contributed by atoms with Crippen LogP contribution >= 0.6 is 23.2 Å². The van der Waals surface area contributed by atoms with E-state index in [0.717, 1.165) is 23.0 Å². The van der Waals surface area contributed by atoms with Gasteiger partial charge in [0.25, 0.3) is 0 Å². The minimum absolute atomic E-state index is 0.792. The maximum Gasteiger partial charge on any atom is 0.0406 e. The molecular formula is C18H26Cl2N2. The third-order valence-corrected chi connectivity index (χ3v) is 3.12. The van der Waals surface area contributed by atoms with Gasteiger partial charge in [0, 0.05) is 16.6 Å². The molecule has 0 aliphatic rings. The fraction of sp³-hybridized carbons (Fsp3) is 0.333. The van der Waals surface area contributed by atoms with E-state index >= 15 is 0 Å². The Morgan fingerprint density at radius 3 is 1.41 bits per heavy atom. The van der Waals surface area contributed by atoms with E-state index in [1.165, 1.54) is 11.1 Å². The Balaban J connectivity index is 0.000000342. The molecule has 0 saturated carbocycles. The average Bonchev–Trinajstić information content (AvgIpc) is 2.52. The van der Waals surface area contributed by atoms with Crippen molar-refractivity contribution in [1.82, 2.24) is 10.6 Å². The van der Waals surface area contributed by atoms with Crippen LogP contribution in [0.3, 0.4) is 0 Å². The number of nitrogens with one attached hydrogen (secondary N) is 2. The van der Waals surface area contributed by atoms with E-state index in [0.29, 0.717) is 0 Å². The lowest BCUT2D eigenvalue weighted by atomic mass is 10.2. The van der Waals surface area contributed by atoms with Crippen LogP contribution in [0.4, 0.5) is 0 Å². The normalized spacial score (nSPS) is 9.18. The molecule has 0 aliphatic carbocycles. The van der Waals surface area contributed by atoms with Gasteiger partial charge in [0.05, 0.1) is 0 Å². The molecule has 2 N–H and O–H groups in total. The lowest BCUT2D eigenvalue weighted by Gasteiger charge is -1.97. The van der Waals surface area contributed by atoms with Crippen LogP contribution in [0, 0.1) is 0 Å². The zero-order valence-corrected chi connectivity index (χ0v) is 15.3. The predicted octanol–water partition coefficient (Wildman–Crippen LogP) is 4.80. The molecule has 122 valence electrons. The van der Waals surface area contributed by atoms with E-state index < -0.39 is 0 Å². The summed E-state index contributed by atoms with van der Waals surface area (Å²) in [6.07, 6.45) is 1.08. The molecule has 0 atom stereocenters. The van der Waals surface area contributed by atoms with Gasteiger partial charge in [0.2, 0.25) is 0 Å². The van der Waals surface area contributed by atoms with Gasteiger partial charge in [-0.3, -0.25) is 0 Å². The third kappa shape index (κ3) is 10.6. The van der Waals surface area contributed by atoms with Gasteiger partial charge in [-0.2, -0.15) is 0 Å². The van der Waals surface area contributed by atoms with Crippen LogP contribution in [-0.2, 0) is 13.0 Å². The van der Waals surface area contributed by atoms with Crippen LogP contribution in [-0.4, -0.2) is 21.1 Å². The van der Waals surface area contributed by atoms with Gasteiger partial charge >= 0.3 is 0 Å². The summed E-state index contributed by atoms with van der Waals surface area (Å²) in [4.78, 5) is 0. The number of hydrogen-bond donors (Lipinski definition) is 2. The van der Waals surface area contributed by atoms with Gasteiger partial charge in [0.1, 0.15) is 0 Å². The van der Waals surface area contributed by atoms with Gasteiger partial charge in [0.15, 0.2) is 0 Å². The summed E-state index contributed by atoms with van der Waals surface area (Å²) < 4.78 is 0. The molecule has 2 aromatic rings. The second kappa shape index (κ2) is 13.6. The molecule has 0 bridgehead atoms. The topological polar surface area (TPSA) is 24.1 Å². The summed E-state index contributed by atoms with van der Waals surface area (Å²) in [6, 6.07) is 15.7. The van der Waals surface area contributed by atoms with Crippen LogP contribution in [0.5, 0.6) is 0 Å². The van der Waals surface area contributed by atoms with Crippen molar-refractivity contribution in [3.05, 3.63) is 69.7 Å². The highest BCUT2D eigenvalue weighted by Gasteiger charge is 1.88. The zero-order chi connectivity index (χ0) is 16.8. The first-order chi connectivity index (χ1) is 10.6. The lowest BCUT2D eigenvalue weighted by molar-refractivity contribution is 0.818. The SMILES string of the molecule is CCc1ccc(Cl)cc1.CNC.CNCc1ccc(Cl)cc1. The highest BCUT2D eigenvalue weighted by molar-refractivity contribution is 6.30. The zero-order valence-electron chi connectivity index (χ0n) is 13.8. The minimum Gasteiger partial charge on any atom is -0.323 e. The first-order valence-electron chi connectivity index (χ1n) is 7.29. The van der Waals surface area contributed by atoms with Gasteiger partial charge in [-0.1, -0.05) is 54.4 Å². The fourth-order valence-corrected chi connectivity index (χ4v) is 1.78. The second-order valence-electron chi connectivity index (χ2n) is 4.64. The molecule has 2 rings (SSSR count). The van der Waals surface area contributed by atoms with E-state index in [9.17, 15) is 0 Å². The molecule has 4 heteroatoms. The molecule has 0 heterocycles. The summed E-state index contributed by atoms with van der Waals surface area (Å²) in [6.45, 7) is 3.03. The molecule has 2 nitrogen and oxygen atoms in total. The average molecular weight is 341 g/mol. The summed E-state index contributed by atoms with van der Waals surface area (Å²) >= 11 is 11.4. The van der Waals surface area contributed by atoms with Crippen LogP contribution in [0.25, 0.3) is 0 Å². The van der Waals surface area contributed by atoms with Crippen LogP contribution in [0.2, 0.25) is 10.0 Å². The molecular weight excluding hydrogens is 315 g/mol. The first kappa shape index (κ1) is 20.9. The minimum atomic E-state index is 0.792. The molecule has 0 aromatic heterocycles. The van der Waals surface area contributed by atoms with Gasteiger partial charge in [-0.05, 0) is 63.0 Å². The number of halogens is 2. The molecule has 0 spiro atoms. The highest BCUT2D eigenvalue weighted by atomic mass is 35.5. The maximum absolute atomic E-state index is 5.69. The molecule has 0 radical (unpaired) electrons. The second-order valence-corrected chi connectivity index (χ2v) is 5.51. The molecule has 0 saturated heterocycles. The highest BCUT2D eigenvalue weighted by Crippen LogP contribution is 2.09. The number of aryl methyl sites for hydroxylation is 1. The van der Waals surface area contributed by atoms with E-state index in [1.807, 2.05) is 69.7 Å². The largest absolute Gasteiger partial charge is 0.323 e. The van der Waals surface area contributed by atoms with Crippen molar-refractivity contribution in [1.29, 1.82) is 0 Å². The Morgan fingerprint density at radius 2 is 1.09 bits per heavy atom. The van der Waals surface area contributed by atoms with Crippen LogP contribution in [0.15, 0.2) is 48.5 Å². The molecule has 2 aromatic carbocycles. The molecule has 0 amide bonds. The Hall–Kier alpha value is -1.06. The Morgan fingerprint density at radius 1 is 0.727 bits per heavy atom. The van der Waals surface area contributed by atoms with Crippen molar-refractivity contribution in [3.63, 3.8) is 0 Å². The quantitative estimate of drug-likeness (QED) is 0.838. The third-order valence-electron chi connectivity index (χ3n) is 2.62. The standard InChI is InChI=1S/C8H10ClN.C8H9Cl.C2H7N/c1-10-6-7-2-4-8(9)5-3-7;1-2-7-3-5-8(9)6-4-7;1-3-2/h2-5,10H,6H2,1H3;3-6H,2H2,1H3;3H,1-2H3. The van der Waals surface area contributed by atoms with Gasteiger partial charge < -0.3 is 10.6 Å². The predicted molar refractivity (Wildman–Crippen MR) is 100 cm³/mol. The van der Waals surface area contributed by atoms with Crippen molar-refractivity contribution in [2.45, 2.75) is 19.9 Å². The Kier molecular flexibility index (Phi) is 12.9. The Labute approximate surface area is 144 Å². The van der Waals surface area contributed by atoms with Crippen molar-refractivity contribution >= 4 is 23.2 Å². The first-order valence-corrected chi connectivity index (χ1v) is 8.04. The van der Waals surface area contributed by atoms with Gasteiger partial charge in [-0.25, -0.2) is 0 Å². The molecule has 0 unspecified atom stereocenters. The number of benzene rings is 2. The van der Waals surface area contributed by atoms with Crippen molar-refractivity contribution < 1.29 is 0 Å². The van der Waals surface area contributed by atoms with Crippen molar-refractivity contribution in [2.24, 2.45) is 0 Å². The van der Waals surface area contributed by atoms with Crippen molar-refractivity contribution in [3.8, 4) is 0 Å². The van der Waals surface area contributed by atoms with E-state index in [4.69, 9.17) is 23.2 Å². The molecule has 0 fully saturated rings.